The summed E-state index contributed by atoms with van der Waals surface area (Å²) in [5, 5.41) is 2.95. The van der Waals surface area contributed by atoms with Gasteiger partial charge in [0.1, 0.15) is 10.6 Å². The van der Waals surface area contributed by atoms with Crippen molar-refractivity contribution in [3.63, 3.8) is 0 Å². The fourth-order valence-electron chi connectivity index (χ4n) is 4.26. The molecule has 176 valence electrons. The molecule has 11 heteroatoms. The molecular formula is C22H28N6O4S. The van der Waals surface area contributed by atoms with Gasteiger partial charge in [-0.1, -0.05) is 19.1 Å². The Morgan fingerprint density at radius 2 is 1.91 bits per heavy atom. The number of hydrogen-bond donors (Lipinski definition) is 2. The monoisotopic (exact) mass is 472 g/mol. The van der Waals surface area contributed by atoms with Crippen LogP contribution in [0.1, 0.15) is 36.7 Å². The minimum Gasteiger partial charge on any atom is -0.364 e. The molecule has 0 bridgehead atoms. The summed E-state index contributed by atoms with van der Waals surface area (Å²) in [6.45, 7) is 3.23. The highest BCUT2D eigenvalue weighted by atomic mass is 32.2. The standard InChI is InChI=1S/C22H28N6O4S/c1-3-10-28-18-7-5-4-6-17(18)24-22(28)25-21(30)15-8-11-27(12-9-15)33(31,32)16-13-19(20(23)29)26(2)14-16/h4-7,13-15H,3,8-12H2,1-2H3,(H2,23,29)(H,24,25,30). The van der Waals surface area contributed by atoms with Crippen LogP contribution < -0.4 is 11.1 Å². The van der Waals surface area contributed by atoms with Gasteiger partial charge in [0.2, 0.25) is 21.9 Å². The maximum atomic E-state index is 13.0. The normalized spacial score (nSPS) is 15.7. The van der Waals surface area contributed by atoms with Gasteiger partial charge in [0.15, 0.2) is 0 Å². The van der Waals surface area contributed by atoms with Crippen LogP contribution in [-0.2, 0) is 28.4 Å². The van der Waals surface area contributed by atoms with Crippen LogP contribution in [0, 0.1) is 5.92 Å². The molecule has 0 saturated carbocycles. The summed E-state index contributed by atoms with van der Waals surface area (Å²) in [5.74, 6) is -0.650. The number of carbonyl (C=O) groups is 2. The second-order valence-electron chi connectivity index (χ2n) is 8.28. The van der Waals surface area contributed by atoms with E-state index in [9.17, 15) is 18.0 Å². The fourth-order valence-corrected chi connectivity index (χ4v) is 5.80. The van der Waals surface area contributed by atoms with Crippen molar-refractivity contribution in [1.29, 1.82) is 0 Å². The van der Waals surface area contributed by atoms with Crippen molar-refractivity contribution in [2.45, 2.75) is 37.6 Å². The Kier molecular flexibility index (Phi) is 6.26. The number of nitrogens with two attached hydrogens (primary N) is 1. The van der Waals surface area contributed by atoms with Crippen molar-refractivity contribution in [3.05, 3.63) is 42.2 Å². The van der Waals surface area contributed by atoms with Gasteiger partial charge in [-0.3, -0.25) is 14.9 Å². The van der Waals surface area contributed by atoms with E-state index in [1.165, 1.54) is 21.1 Å². The molecule has 1 aliphatic heterocycles. The van der Waals surface area contributed by atoms with Crippen LogP contribution in [0.4, 0.5) is 5.95 Å². The number of rotatable bonds is 7. The maximum Gasteiger partial charge on any atom is 0.265 e. The number of nitrogens with one attached hydrogen (secondary N) is 1. The lowest BCUT2D eigenvalue weighted by molar-refractivity contribution is -0.121. The number of carbonyl (C=O) groups excluding carboxylic acids is 2. The Labute approximate surface area is 192 Å². The molecule has 3 N–H and O–H groups in total. The van der Waals surface area contributed by atoms with E-state index < -0.39 is 15.9 Å². The van der Waals surface area contributed by atoms with Gasteiger partial charge in [0.25, 0.3) is 5.91 Å². The molecule has 2 aromatic heterocycles. The number of imidazole rings is 1. The Morgan fingerprint density at radius 3 is 2.55 bits per heavy atom. The van der Waals surface area contributed by atoms with Crippen molar-refractivity contribution < 1.29 is 18.0 Å². The van der Waals surface area contributed by atoms with Gasteiger partial charge in [-0.05, 0) is 37.5 Å². The van der Waals surface area contributed by atoms with E-state index in [4.69, 9.17) is 5.73 Å². The van der Waals surface area contributed by atoms with Crippen molar-refractivity contribution in [2.24, 2.45) is 18.7 Å². The first-order chi connectivity index (χ1) is 15.7. The molecule has 4 rings (SSSR count). The summed E-state index contributed by atoms with van der Waals surface area (Å²) in [6.07, 6.45) is 3.08. The summed E-state index contributed by atoms with van der Waals surface area (Å²) < 4.78 is 30.8. The second-order valence-corrected chi connectivity index (χ2v) is 10.2. The Bertz CT molecular complexity index is 1300. The minimum atomic E-state index is -3.78. The topological polar surface area (TPSA) is 132 Å². The number of benzene rings is 1. The quantitative estimate of drug-likeness (QED) is 0.542. The fraction of sp³-hybridized carbons (Fsp3) is 0.409. The minimum absolute atomic E-state index is 0.0231. The molecule has 33 heavy (non-hydrogen) atoms. The van der Waals surface area contributed by atoms with Crippen LogP contribution in [0.3, 0.4) is 0 Å². The number of sulfonamides is 1. The van der Waals surface area contributed by atoms with Gasteiger partial charge in [0.05, 0.1) is 11.0 Å². The lowest BCUT2D eigenvalue weighted by Crippen LogP contribution is -2.41. The summed E-state index contributed by atoms with van der Waals surface area (Å²) in [6, 6.07) is 9.02. The molecule has 1 aromatic carbocycles. The number of anilines is 1. The SMILES string of the molecule is CCCn1c(NC(=O)C2CCN(S(=O)(=O)c3cc(C(N)=O)n(C)c3)CC2)nc2ccccc21. The Morgan fingerprint density at radius 1 is 1.21 bits per heavy atom. The molecule has 2 amide bonds. The Hall–Kier alpha value is -3.18. The first-order valence-electron chi connectivity index (χ1n) is 10.9. The van der Waals surface area contributed by atoms with E-state index in [0.717, 1.165) is 24.0 Å². The number of para-hydroxylation sites is 2. The lowest BCUT2D eigenvalue weighted by Gasteiger charge is -2.30. The summed E-state index contributed by atoms with van der Waals surface area (Å²) in [7, 11) is -2.21. The largest absolute Gasteiger partial charge is 0.364 e. The third-order valence-electron chi connectivity index (χ3n) is 6.03. The van der Waals surface area contributed by atoms with Crippen molar-refractivity contribution in [2.75, 3.05) is 18.4 Å². The van der Waals surface area contributed by atoms with Gasteiger partial charge in [-0.15, -0.1) is 0 Å². The predicted octanol–water partition coefficient (Wildman–Crippen LogP) is 1.92. The summed E-state index contributed by atoms with van der Waals surface area (Å²) in [4.78, 5) is 29.0. The summed E-state index contributed by atoms with van der Waals surface area (Å²) in [5.41, 5.74) is 7.21. The highest BCUT2D eigenvalue weighted by Crippen LogP contribution is 2.27. The van der Waals surface area contributed by atoms with Gasteiger partial charge < -0.3 is 14.9 Å². The van der Waals surface area contributed by atoms with E-state index in [-0.39, 0.29) is 35.5 Å². The molecule has 1 aliphatic rings. The van der Waals surface area contributed by atoms with E-state index in [2.05, 4.69) is 17.2 Å². The number of aryl methyl sites for hydroxylation is 2. The number of nitrogens with zero attached hydrogens (tertiary/aromatic N) is 4. The second kappa shape index (κ2) is 8.99. The van der Waals surface area contributed by atoms with E-state index in [1.54, 1.807) is 7.05 Å². The Balaban J connectivity index is 1.44. The van der Waals surface area contributed by atoms with Gasteiger partial charge in [0, 0.05) is 38.8 Å². The molecule has 0 aliphatic carbocycles. The van der Waals surface area contributed by atoms with Crippen LogP contribution in [0.25, 0.3) is 11.0 Å². The zero-order valence-corrected chi connectivity index (χ0v) is 19.5. The van der Waals surface area contributed by atoms with E-state index in [0.29, 0.717) is 18.8 Å². The molecule has 10 nitrogen and oxygen atoms in total. The van der Waals surface area contributed by atoms with Crippen molar-refractivity contribution in [1.82, 2.24) is 18.4 Å². The molecular weight excluding hydrogens is 444 g/mol. The van der Waals surface area contributed by atoms with Crippen molar-refractivity contribution >= 4 is 38.8 Å². The third kappa shape index (κ3) is 4.38. The van der Waals surface area contributed by atoms with Crippen LogP contribution in [-0.4, -0.2) is 51.7 Å². The average Bonchev–Trinajstić information content (AvgIpc) is 3.35. The van der Waals surface area contributed by atoms with Crippen molar-refractivity contribution in [3.8, 4) is 0 Å². The summed E-state index contributed by atoms with van der Waals surface area (Å²) >= 11 is 0. The number of hydrogen-bond acceptors (Lipinski definition) is 5. The number of piperidine rings is 1. The molecule has 3 aromatic rings. The van der Waals surface area contributed by atoms with Crippen LogP contribution in [0.5, 0.6) is 0 Å². The molecule has 1 saturated heterocycles. The molecule has 0 atom stereocenters. The molecule has 0 spiro atoms. The van der Waals surface area contributed by atoms with Crippen LogP contribution in [0.2, 0.25) is 0 Å². The highest BCUT2D eigenvalue weighted by Gasteiger charge is 2.33. The smallest absolute Gasteiger partial charge is 0.265 e. The zero-order chi connectivity index (χ0) is 23.8. The highest BCUT2D eigenvalue weighted by molar-refractivity contribution is 7.89. The number of fused-ring (bicyclic) bond motifs is 1. The third-order valence-corrected chi connectivity index (χ3v) is 7.90. The number of amides is 2. The first-order valence-corrected chi connectivity index (χ1v) is 12.4. The van der Waals surface area contributed by atoms with Crippen LogP contribution >= 0.6 is 0 Å². The molecule has 1 fully saturated rings. The van der Waals surface area contributed by atoms with Gasteiger partial charge >= 0.3 is 0 Å². The van der Waals surface area contributed by atoms with Gasteiger partial charge in [-0.25, -0.2) is 13.4 Å². The molecule has 3 heterocycles. The van der Waals surface area contributed by atoms with E-state index in [1.807, 2.05) is 28.8 Å². The van der Waals surface area contributed by atoms with E-state index >= 15 is 0 Å². The average molecular weight is 473 g/mol. The molecule has 0 unspecified atom stereocenters. The number of primary amides is 1. The maximum absolute atomic E-state index is 13.0. The first kappa shape index (κ1) is 23.0. The number of aromatic nitrogens is 3. The zero-order valence-electron chi connectivity index (χ0n) is 18.7. The lowest BCUT2D eigenvalue weighted by atomic mass is 9.97. The van der Waals surface area contributed by atoms with Crippen LogP contribution in [0.15, 0.2) is 41.4 Å². The molecule has 0 radical (unpaired) electrons. The predicted molar refractivity (Wildman–Crippen MR) is 124 cm³/mol. The van der Waals surface area contributed by atoms with Gasteiger partial charge in [-0.2, -0.15) is 4.31 Å².